The molecule has 60 heavy (non-hydrogen) atoms. The van der Waals surface area contributed by atoms with Crippen LogP contribution in [-0.2, 0) is 0 Å². The molecule has 4 aromatic heterocycles. The number of nitrogens with one attached hydrogen (secondary N) is 2. The van der Waals surface area contributed by atoms with Gasteiger partial charge in [-0.25, -0.2) is 29.1 Å². The molecule has 0 aliphatic rings. The van der Waals surface area contributed by atoms with Gasteiger partial charge in [-0.1, -0.05) is 0 Å². The zero-order valence-corrected chi connectivity index (χ0v) is 33.2. The number of hydrogen-bond donors (Lipinski definition) is 4. The Morgan fingerprint density at radius 2 is 0.583 bits per heavy atom. The summed E-state index contributed by atoms with van der Waals surface area (Å²) in [7, 11) is 0. The van der Waals surface area contributed by atoms with Gasteiger partial charge in [0.15, 0.2) is 24.8 Å². The van der Waals surface area contributed by atoms with Gasteiger partial charge in [-0.15, -0.1) is 0 Å². The lowest BCUT2D eigenvalue weighted by Gasteiger charge is -2.21. The normalized spacial score (nSPS) is 9.97. The van der Waals surface area contributed by atoms with Crippen LogP contribution in [0.1, 0.15) is 95.5 Å². The first kappa shape index (κ1) is 46.2. The van der Waals surface area contributed by atoms with E-state index in [-0.39, 0.29) is 55.6 Å². The number of aromatic carboxylic acids is 6. The zero-order valence-electron chi connectivity index (χ0n) is 33.2. The van der Waals surface area contributed by atoms with Crippen molar-refractivity contribution in [3.63, 3.8) is 0 Å². The Labute approximate surface area is 343 Å². The number of benzene rings is 2. The molecule has 0 amide bonds. The highest BCUT2D eigenvalue weighted by molar-refractivity contribution is 6.05. The van der Waals surface area contributed by atoms with Crippen molar-refractivity contribution in [3.8, 4) is 22.3 Å². The summed E-state index contributed by atoms with van der Waals surface area (Å²) in [6.45, 7) is 7.96. The second kappa shape index (κ2) is 20.9. The van der Waals surface area contributed by atoms with Crippen molar-refractivity contribution in [1.29, 1.82) is 0 Å². The molecule has 0 saturated heterocycles. The highest BCUT2D eigenvalue weighted by atomic mass is 16.4. The monoisotopic (exact) mass is 816 g/mol. The van der Waals surface area contributed by atoms with E-state index in [1.807, 2.05) is 49.1 Å². The summed E-state index contributed by atoms with van der Waals surface area (Å²) in [6, 6.07) is 16.1. The molecule has 6 aromatic rings. The number of carbonyl (C=O) groups excluding carboxylic acids is 2. The third-order valence-electron chi connectivity index (χ3n) is 9.23. The summed E-state index contributed by atoms with van der Waals surface area (Å²) in [5.41, 5.74) is 2.89. The maximum atomic E-state index is 11.1. The molecule has 16 nitrogen and oxygen atoms in total. The van der Waals surface area contributed by atoms with E-state index >= 15 is 0 Å². The molecule has 0 spiro atoms. The molecule has 0 unspecified atom stereocenters. The number of carbonyl (C=O) groups is 6. The topological polar surface area (TPSA) is 284 Å². The first-order chi connectivity index (χ1) is 28.3. The SMILES string of the molecule is Cc1c(C(=O)O)c(C)c(C(=O)O)c(C)c1C(=O)O.Cc1c(C(=O)[O-])c(C)c(C(=O)O)c(C)c1C(=O)[O-].c1cc(-c2cc[nH+]cc2)cc[nH+]1.c1cc(-c2ccncc2)ccn1. The molecular weight excluding hydrogens is 776 g/mol. The second-order valence-electron chi connectivity index (χ2n) is 12.8. The fourth-order valence-electron chi connectivity index (χ4n) is 6.58. The smallest absolute Gasteiger partial charge is 0.336 e. The van der Waals surface area contributed by atoms with E-state index in [1.165, 1.54) is 63.8 Å². The van der Waals surface area contributed by atoms with E-state index < -0.39 is 46.9 Å². The third-order valence-corrected chi connectivity index (χ3v) is 9.23. The highest BCUT2D eigenvalue weighted by Crippen LogP contribution is 2.28. The minimum Gasteiger partial charge on any atom is -0.545 e. The molecule has 16 heteroatoms. The molecule has 308 valence electrons. The number of hydrogen-bond acceptors (Lipinski definition) is 10. The van der Waals surface area contributed by atoms with Crippen LogP contribution < -0.4 is 20.2 Å². The number of aromatic nitrogens is 4. The van der Waals surface area contributed by atoms with Gasteiger partial charge in [0.25, 0.3) is 0 Å². The highest BCUT2D eigenvalue weighted by Gasteiger charge is 2.27. The van der Waals surface area contributed by atoms with E-state index in [0.29, 0.717) is 0 Å². The molecule has 0 fully saturated rings. The summed E-state index contributed by atoms with van der Waals surface area (Å²) < 4.78 is 0. The van der Waals surface area contributed by atoms with Crippen molar-refractivity contribution >= 4 is 35.8 Å². The van der Waals surface area contributed by atoms with Crippen molar-refractivity contribution in [1.82, 2.24) is 9.97 Å². The van der Waals surface area contributed by atoms with Crippen LogP contribution in [0.5, 0.6) is 0 Å². The van der Waals surface area contributed by atoms with Crippen LogP contribution >= 0.6 is 0 Å². The van der Waals surface area contributed by atoms with Crippen molar-refractivity contribution < 1.29 is 69.4 Å². The molecular formula is C44H40N4O12. The summed E-state index contributed by atoms with van der Waals surface area (Å²) in [5, 5.41) is 58.2. The Balaban J connectivity index is 0.000000217. The van der Waals surface area contributed by atoms with Crippen LogP contribution in [0.2, 0.25) is 0 Å². The van der Waals surface area contributed by atoms with Crippen molar-refractivity contribution in [2.75, 3.05) is 0 Å². The molecule has 6 rings (SSSR count). The molecule has 0 bridgehead atoms. The second-order valence-corrected chi connectivity index (χ2v) is 12.8. The average Bonchev–Trinajstić information content (AvgIpc) is 3.19. The number of nitrogens with zero attached hydrogens (tertiary/aromatic N) is 2. The Hall–Kier alpha value is -8.14. The van der Waals surface area contributed by atoms with Crippen LogP contribution in [0.25, 0.3) is 22.3 Å². The number of H-pyrrole nitrogens is 2. The van der Waals surface area contributed by atoms with Gasteiger partial charge in [0.1, 0.15) is 0 Å². The minimum atomic E-state index is -1.62. The Morgan fingerprint density at radius 1 is 0.383 bits per heavy atom. The van der Waals surface area contributed by atoms with E-state index in [0.717, 1.165) is 0 Å². The van der Waals surface area contributed by atoms with Crippen molar-refractivity contribution in [2.24, 2.45) is 0 Å². The predicted molar refractivity (Wildman–Crippen MR) is 210 cm³/mol. The number of aromatic amines is 2. The first-order valence-corrected chi connectivity index (χ1v) is 17.7. The fraction of sp³-hybridized carbons (Fsp3) is 0.136. The van der Waals surface area contributed by atoms with E-state index in [9.17, 15) is 39.0 Å². The molecule has 2 aromatic carbocycles. The number of carboxylic acids is 6. The van der Waals surface area contributed by atoms with E-state index in [1.54, 1.807) is 24.8 Å². The van der Waals surface area contributed by atoms with Gasteiger partial charge in [0.05, 0.1) is 34.2 Å². The molecule has 6 N–H and O–H groups in total. The Bertz CT molecular complexity index is 2090. The van der Waals surface area contributed by atoms with Gasteiger partial charge in [-0.2, -0.15) is 0 Å². The molecule has 0 saturated carbocycles. The molecule has 0 aliphatic carbocycles. The van der Waals surface area contributed by atoms with Crippen LogP contribution in [0.15, 0.2) is 98.1 Å². The molecule has 0 radical (unpaired) electrons. The average molecular weight is 817 g/mol. The van der Waals surface area contributed by atoms with Crippen molar-refractivity contribution in [3.05, 3.63) is 165 Å². The van der Waals surface area contributed by atoms with Gasteiger partial charge in [-0.05, 0) is 121 Å². The lowest BCUT2D eigenvalue weighted by atomic mass is 9.88. The summed E-state index contributed by atoms with van der Waals surface area (Å²) in [5.74, 6) is -8.64. The minimum absolute atomic E-state index is 0.0255. The first-order valence-electron chi connectivity index (χ1n) is 17.7. The van der Waals surface area contributed by atoms with Gasteiger partial charge >= 0.3 is 23.9 Å². The number of carboxylic acid groups (broad SMARTS) is 6. The Morgan fingerprint density at radius 3 is 0.800 bits per heavy atom. The lowest BCUT2D eigenvalue weighted by Crippen LogP contribution is -2.31. The van der Waals surface area contributed by atoms with Gasteiger partial charge in [0.2, 0.25) is 0 Å². The van der Waals surface area contributed by atoms with E-state index in [2.05, 4.69) is 44.2 Å². The lowest BCUT2D eigenvalue weighted by molar-refractivity contribution is -0.378. The number of pyridine rings is 4. The van der Waals surface area contributed by atoms with Crippen LogP contribution in [0.3, 0.4) is 0 Å². The van der Waals surface area contributed by atoms with Crippen molar-refractivity contribution in [2.45, 2.75) is 41.5 Å². The predicted octanol–water partition coefficient (Wildman–Crippen LogP) is 3.87. The summed E-state index contributed by atoms with van der Waals surface area (Å²) in [4.78, 5) is 80.3. The maximum Gasteiger partial charge on any atom is 0.336 e. The van der Waals surface area contributed by atoms with E-state index in [4.69, 9.17) is 20.4 Å². The van der Waals surface area contributed by atoms with Gasteiger partial charge < -0.3 is 40.2 Å². The van der Waals surface area contributed by atoms with Crippen LogP contribution in [0, 0.1) is 41.5 Å². The molecule has 0 atom stereocenters. The third kappa shape index (κ3) is 11.0. The molecule has 0 aliphatic heterocycles. The maximum absolute atomic E-state index is 11.1. The number of rotatable bonds is 8. The summed E-state index contributed by atoms with van der Waals surface area (Å²) in [6.07, 6.45) is 14.8. The fourth-order valence-corrected chi connectivity index (χ4v) is 6.58. The van der Waals surface area contributed by atoms with Gasteiger partial charge in [-0.3, -0.25) is 9.97 Å². The Kier molecular flexibility index (Phi) is 16.1. The zero-order chi connectivity index (χ0) is 44.8. The van der Waals surface area contributed by atoms with Gasteiger partial charge in [0, 0.05) is 60.2 Å². The standard InChI is InChI=1S/2C12H12O6.2C10H8N2/c2*1-4-7(10(13)14)5(2)9(12(17)18)6(3)8(4)11(15)16;2*1-5-11-6-2-9(1)10-3-7-12-8-4-10/h2*1-3H3,(H,13,14)(H,15,16)(H,17,18);2*1-8H. The quantitative estimate of drug-likeness (QED) is 0.170. The summed E-state index contributed by atoms with van der Waals surface area (Å²) >= 11 is 0. The largest absolute Gasteiger partial charge is 0.545 e. The van der Waals surface area contributed by atoms with Crippen LogP contribution in [0.4, 0.5) is 0 Å². The molecule has 4 heterocycles. The van der Waals surface area contributed by atoms with Crippen LogP contribution in [-0.4, -0.2) is 66.2 Å².